The second-order valence-electron chi connectivity index (χ2n) is 8.75. The molecule has 1 aliphatic rings. The average Bonchev–Trinajstić information content (AvgIpc) is 2.67. The highest BCUT2D eigenvalue weighted by molar-refractivity contribution is 5.80. The van der Waals surface area contributed by atoms with E-state index in [2.05, 4.69) is 67.5 Å². The minimum Gasteiger partial charge on any atom is -0.385 e. The summed E-state index contributed by atoms with van der Waals surface area (Å²) in [6, 6.07) is 9.35. The van der Waals surface area contributed by atoms with Gasteiger partial charge in [0.2, 0.25) is 0 Å². The predicted molar refractivity (Wildman–Crippen MR) is 119 cm³/mol. The second-order valence-corrected chi connectivity index (χ2v) is 8.75. The highest BCUT2D eigenvalue weighted by Gasteiger charge is 2.19. The molecule has 2 N–H and O–H groups in total. The zero-order valence-electron chi connectivity index (χ0n) is 18.6. The number of ether oxygens (including phenoxy) is 1. The zero-order chi connectivity index (χ0) is 20.4. The summed E-state index contributed by atoms with van der Waals surface area (Å²) in [5.41, 5.74) is 2.80. The van der Waals surface area contributed by atoms with Crippen LogP contribution in [0.4, 0.5) is 0 Å². The van der Waals surface area contributed by atoms with Crippen LogP contribution in [-0.2, 0) is 16.7 Å². The van der Waals surface area contributed by atoms with E-state index in [9.17, 15) is 0 Å². The van der Waals surface area contributed by atoms with E-state index in [4.69, 9.17) is 9.73 Å². The SMILES string of the molecule is CCNC(=NCc1ccc(C(C)(C)C)cc1)NC1CCN(CCCOC)CC1. The van der Waals surface area contributed by atoms with Gasteiger partial charge in [0.1, 0.15) is 0 Å². The van der Waals surface area contributed by atoms with Gasteiger partial charge < -0.3 is 20.3 Å². The van der Waals surface area contributed by atoms with E-state index in [1.807, 2.05) is 0 Å². The third kappa shape index (κ3) is 7.80. The van der Waals surface area contributed by atoms with Crippen molar-refractivity contribution in [2.45, 2.75) is 65.0 Å². The number of piperidine rings is 1. The molecule has 5 heteroatoms. The van der Waals surface area contributed by atoms with Crippen LogP contribution in [0.1, 0.15) is 58.1 Å². The number of benzene rings is 1. The van der Waals surface area contributed by atoms with Crippen molar-refractivity contribution < 1.29 is 4.74 Å². The van der Waals surface area contributed by atoms with E-state index in [-0.39, 0.29) is 5.41 Å². The van der Waals surface area contributed by atoms with E-state index < -0.39 is 0 Å². The number of methoxy groups -OCH3 is 1. The fourth-order valence-corrected chi connectivity index (χ4v) is 3.53. The van der Waals surface area contributed by atoms with Gasteiger partial charge in [-0.3, -0.25) is 0 Å². The quantitative estimate of drug-likeness (QED) is 0.406. The molecule has 1 saturated heterocycles. The molecular weight excluding hydrogens is 348 g/mol. The Bertz CT molecular complexity index is 584. The molecule has 1 aliphatic heterocycles. The van der Waals surface area contributed by atoms with Crippen molar-refractivity contribution in [3.05, 3.63) is 35.4 Å². The molecule has 1 aromatic rings. The minimum absolute atomic E-state index is 0.191. The van der Waals surface area contributed by atoms with Gasteiger partial charge >= 0.3 is 0 Å². The number of aliphatic imine (C=N–C) groups is 1. The minimum atomic E-state index is 0.191. The Morgan fingerprint density at radius 2 is 1.86 bits per heavy atom. The summed E-state index contributed by atoms with van der Waals surface area (Å²) in [4.78, 5) is 7.35. The fourth-order valence-electron chi connectivity index (χ4n) is 3.53. The molecule has 0 bridgehead atoms. The zero-order valence-corrected chi connectivity index (χ0v) is 18.6. The third-order valence-electron chi connectivity index (χ3n) is 5.34. The molecule has 158 valence electrons. The van der Waals surface area contributed by atoms with Gasteiger partial charge in [0, 0.05) is 45.9 Å². The Labute approximate surface area is 171 Å². The van der Waals surface area contributed by atoms with Gasteiger partial charge in [0.25, 0.3) is 0 Å². The van der Waals surface area contributed by atoms with Crippen molar-refractivity contribution in [2.24, 2.45) is 4.99 Å². The molecule has 1 heterocycles. The van der Waals surface area contributed by atoms with Crippen molar-refractivity contribution in [1.82, 2.24) is 15.5 Å². The summed E-state index contributed by atoms with van der Waals surface area (Å²) in [7, 11) is 1.77. The molecule has 0 amide bonds. The standard InChI is InChI=1S/C23H40N4O/c1-6-24-22(25-18-19-8-10-20(11-9-19)23(2,3)4)26-21-12-15-27(16-13-21)14-7-17-28-5/h8-11,21H,6-7,12-18H2,1-5H3,(H2,24,25,26). The van der Waals surface area contributed by atoms with Crippen LogP contribution in [0.25, 0.3) is 0 Å². The number of guanidine groups is 1. The lowest BCUT2D eigenvalue weighted by atomic mass is 9.87. The first-order chi connectivity index (χ1) is 13.4. The normalized spacial score (nSPS) is 17.0. The molecule has 0 aliphatic carbocycles. The molecule has 1 aromatic carbocycles. The van der Waals surface area contributed by atoms with Crippen LogP contribution < -0.4 is 10.6 Å². The highest BCUT2D eigenvalue weighted by atomic mass is 16.5. The van der Waals surface area contributed by atoms with Crippen molar-refractivity contribution in [3.63, 3.8) is 0 Å². The van der Waals surface area contributed by atoms with Gasteiger partial charge in [0.15, 0.2) is 5.96 Å². The van der Waals surface area contributed by atoms with Crippen LogP contribution in [0.2, 0.25) is 0 Å². The largest absolute Gasteiger partial charge is 0.385 e. The summed E-state index contributed by atoms with van der Waals surface area (Å²) in [6.07, 6.45) is 3.45. The van der Waals surface area contributed by atoms with E-state index in [1.165, 1.54) is 11.1 Å². The smallest absolute Gasteiger partial charge is 0.191 e. The van der Waals surface area contributed by atoms with Gasteiger partial charge in [-0.15, -0.1) is 0 Å². The number of rotatable bonds is 8. The predicted octanol–water partition coefficient (Wildman–Crippen LogP) is 3.54. The van der Waals surface area contributed by atoms with E-state index in [1.54, 1.807) is 7.11 Å². The maximum atomic E-state index is 5.16. The Balaban J connectivity index is 1.84. The van der Waals surface area contributed by atoms with Crippen LogP contribution in [0.3, 0.4) is 0 Å². The molecule has 0 saturated carbocycles. The molecule has 5 nitrogen and oxygen atoms in total. The Hall–Kier alpha value is -1.59. The van der Waals surface area contributed by atoms with Gasteiger partial charge in [-0.1, -0.05) is 45.0 Å². The Morgan fingerprint density at radius 1 is 1.18 bits per heavy atom. The summed E-state index contributed by atoms with van der Waals surface area (Å²) in [5, 5.41) is 7.04. The molecule has 2 rings (SSSR count). The number of nitrogens with one attached hydrogen (secondary N) is 2. The lowest BCUT2D eigenvalue weighted by Crippen LogP contribution is -2.48. The van der Waals surface area contributed by atoms with Crippen molar-refractivity contribution in [2.75, 3.05) is 39.9 Å². The van der Waals surface area contributed by atoms with Crippen LogP contribution in [0.15, 0.2) is 29.3 Å². The molecule has 0 radical (unpaired) electrons. The summed E-state index contributed by atoms with van der Waals surface area (Å²) < 4.78 is 5.16. The van der Waals surface area contributed by atoms with Gasteiger partial charge in [-0.05, 0) is 42.7 Å². The molecule has 0 aromatic heterocycles. The van der Waals surface area contributed by atoms with Gasteiger partial charge in [-0.2, -0.15) is 0 Å². The molecule has 0 spiro atoms. The monoisotopic (exact) mass is 388 g/mol. The highest BCUT2D eigenvalue weighted by Crippen LogP contribution is 2.22. The van der Waals surface area contributed by atoms with Crippen molar-refractivity contribution in [3.8, 4) is 0 Å². The summed E-state index contributed by atoms with van der Waals surface area (Å²) in [5.74, 6) is 0.931. The Kier molecular flexibility index (Phi) is 9.26. The topological polar surface area (TPSA) is 48.9 Å². The van der Waals surface area contributed by atoms with Crippen molar-refractivity contribution in [1.29, 1.82) is 0 Å². The van der Waals surface area contributed by atoms with Crippen LogP contribution in [0.5, 0.6) is 0 Å². The lowest BCUT2D eigenvalue weighted by Gasteiger charge is -2.33. The number of hydrogen-bond donors (Lipinski definition) is 2. The first-order valence-corrected chi connectivity index (χ1v) is 10.8. The number of likely N-dealkylation sites (tertiary alicyclic amines) is 1. The third-order valence-corrected chi connectivity index (χ3v) is 5.34. The van der Waals surface area contributed by atoms with Crippen LogP contribution in [-0.4, -0.2) is 56.8 Å². The lowest BCUT2D eigenvalue weighted by molar-refractivity contribution is 0.155. The summed E-state index contributed by atoms with van der Waals surface area (Å²) in [6.45, 7) is 14.7. The number of nitrogens with zero attached hydrogens (tertiary/aromatic N) is 2. The second kappa shape index (κ2) is 11.4. The molecular formula is C23H40N4O. The van der Waals surface area contributed by atoms with Gasteiger partial charge in [0.05, 0.1) is 6.54 Å². The maximum Gasteiger partial charge on any atom is 0.191 e. The van der Waals surface area contributed by atoms with Gasteiger partial charge in [-0.25, -0.2) is 4.99 Å². The average molecular weight is 389 g/mol. The molecule has 1 fully saturated rings. The van der Waals surface area contributed by atoms with Crippen LogP contribution >= 0.6 is 0 Å². The van der Waals surface area contributed by atoms with E-state index >= 15 is 0 Å². The van der Waals surface area contributed by atoms with E-state index in [0.717, 1.165) is 58.0 Å². The Morgan fingerprint density at radius 3 is 2.43 bits per heavy atom. The molecule has 0 atom stereocenters. The first-order valence-electron chi connectivity index (χ1n) is 10.8. The fraction of sp³-hybridized carbons (Fsp3) is 0.696. The molecule has 28 heavy (non-hydrogen) atoms. The molecule has 0 unspecified atom stereocenters. The maximum absolute atomic E-state index is 5.16. The number of hydrogen-bond acceptors (Lipinski definition) is 3. The summed E-state index contributed by atoms with van der Waals surface area (Å²) >= 11 is 0. The first kappa shape index (κ1) is 22.7. The van der Waals surface area contributed by atoms with Crippen LogP contribution in [0, 0.1) is 0 Å². The van der Waals surface area contributed by atoms with Crippen molar-refractivity contribution >= 4 is 5.96 Å². The van der Waals surface area contributed by atoms with E-state index in [0.29, 0.717) is 12.6 Å².